The molecule has 0 aromatic heterocycles. The van der Waals surface area contributed by atoms with Crippen molar-refractivity contribution in [3.05, 3.63) is 62.3 Å². The summed E-state index contributed by atoms with van der Waals surface area (Å²) in [6, 6.07) is 8.87. The Morgan fingerprint density at radius 2 is 1.79 bits per heavy atom. The van der Waals surface area contributed by atoms with Gasteiger partial charge in [-0.2, -0.15) is 0 Å². The molecule has 0 saturated carbocycles. The van der Waals surface area contributed by atoms with E-state index < -0.39 is 11.7 Å². The van der Waals surface area contributed by atoms with Gasteiger partial charge < -0.3 is 5.32 Å². The number of amides is 1. The molecule has 0 aliphatic carbocycles. The van der Waals surface area contributed by atoms with Crippen molar-refractivity contribution in [1.82, 2.24) is 0 Å². The van der Waals surface area contributed by atoms with E-state index in [-0.39, 0.29) is 4.47 Å². The number of halogens is 4. The molecule has 0 aliphatic rings. The Bertz CT molecular complexity index is 628. The average molecular weight is 363 g/mol. The molecule has 1 amide bonds. The monoisotopic (exact) mass is 361 g/mol. The Morgan fingerprint density at radius 1 is 1.16 bits per heavy atom. The lowest BCUT2D eigenvalue weighted by Crippen LogP contribution is -2.12. The van der Waals surface area contributed by atoms with Crippen LogP contribution < -0.4 is 5.32 Å². The molecule has 0 radical (unpaired) electrons. The number of carbonyl (C=O) groups is 1. The fourth-order valence-corrected chi connectivity index (χ4v) is 2.31. The maximum atomic E-state index is 13.1. The first-order valence-corrected chi connectivity index (χ1v) is 6.74. The number of rotatable bonds is 2. The SMILES string of the molecule is O=C(Nc1c(Cl)cccc1Cl)c1ccc(F)c(Br)c1. The molecule has 0 spiro atoms. The minimum atomic E-state index is -0.438. The minimum Gasteiger partial charge on any atom is -0.319 e. The molecule has 0 aliphatic heterocycles. The third-order valence-corrected chi connectivity index (χ3v) is 3.62. The highest BCUT2D eigenvalue weighted by atomic mass is 79.9. The standard InChI is InChI=1S/C13H7BrCl2FNO/c14-8-6-7(4-5-11(8)17)13(19)18-12-9(15)2-1-3-10(12)16/h1-6H,(H,18,19). The molecular formula is C13H7BrCl2FNO. The molecule has 0 fully saturated rings. The van der Waals surface area contributed by atoms with Gasteiger partial charge in [0.1, 0.15) is 5.82 Å². The van der Waals surface area contributed by atoms with Crippen LogP contribution in [-0.4, -0.2) is 5.91 Å². The molecule has 98 valence electrons. The zero-order valence-corrected chi connectivity index (χ0v) is 12.5. The van der Waals surface area contributed by atoms with Gasteiger partial charge in [-0.3, -0.25) is 4.79 Å². The molecule has 2 aromatic carbocycles. The van der Waals surface area contributed by atoms with E-state index in [0.29, 0.717) is 21.3 Å². The van der Waals surface area contributed by atoms with Gasteiger partial charge in [-0.15, -0.1) is 0 Å². The van der Waals surface area contributed by atoms with Gasteiger partial charge in [-0.25, -0.2) is 4.39 Å². The second kappa shape index (κ2) is 5.90. The van der Waals surface area contributed by atoms with Gasteiger partial charge in [-0.1, -0.05) is 29.3 Å². The van der Waals surface area contributed by atoms with E-state index in [1.807, 2.05) is 0 Å². The third kappa shape index (κ3) is 3.26. The number of benzene rings is 2. The molecule has 19 heavy (non-hydrogen) atoms. The molecule has 0 bridgehead atoms. The van der Waals surface area contributed by atoms with Gasteiger partial charge in [0, 0.05) is 5.56 Å². The largest absolute Gasteiger partial charge is 0.319 e. The smallest absolute Gasteiger partial charge is 0.255 e. The second-order valence-corrected chi connectivity index (χ2v) is 5.35. The molecule has 0 atom stereocenters. The number of hydrogen-bond donors (Lipinski definition) is 1. The predicted octanol–water partition coefficient (Wildman–Crippen LogP) is 5.15. The summed E-state index contributed by atoms with van der Waals surface area (Å²) in [4.78, 5) is 12.0. The van der Waals surface area contributed by atoms with Crippen LogP contribution in [0.2, 0.25) is 10.0 Å². The fourth-order valence-electron chi connectivity index (χ4n) is 1.44. The van der Waals surface area contributed by atoms with Crippen molar-refractivity contribution in [3.63, 3.8) is 0 Å². The van der Waals surface area contributed by atoms with Crippen LogP contribution in [0.5, 0.6) is 0 Å². The fraction of sp³-hybridized carbons (Fsp3) is 0. The summed E-state index contributed by atoms with van der Waals surface area (Å²) in [7, 11) is 0. The summed E-state index contributed by atoms with van der Waals surface area (Å²) in [6.07, 6.45) is 0. The highest BCUT2D eigenvalue weighted by Crippen LogP contribution is 2.30. The van der Waals surface area contributed by atoms with Crippen molar-refractivity contribution in [2.75, 3.05) is 5.32 Å². The van der Waals surface area contributed by atoms with E-state index in [9.17, 15) is 9.18 Å². The lowest BCUT2D eigenvalue weighted by Gasteiger charge is -2.09. The van der Waals surface area contributed by atoms with Gasteiger partial charge in [0.2, 0.25) is 0 Å². The Labute approximate surface area is 127 Å². The van der Waals surface area contributed by atoms with Crippen molar-refractivity contribution in [1.29, 1.82) is 0 Å². The molecular weight excluding hydrogens is 356 g/mol. The van der Waals surface area contributed by atoms with E-state index in [1.54, 1.807) is 18.2 Å². The molecule has 0 heterocycles. The van der Waals surface area contributed by atoms with Gasteiger partial charge in [-0.05, 0) is 46.3 Å². The summed E-state index contributed by atoms with van der Waals surface area (Å²) >= 11 is 14.9. The van der Waals surface area contributed by atoms with Gasteiger partial charge in [0.05, 0.1) is 20.2 Å². The second-order valence-electron chi connectivity index (χ2n) is 3.68. The maximum Gasteiger partial charge on any atom is 0.255 e. The highest BCUT2D eigenvalue weighted by molar-refractivity contribution is 9.10. The van der Waals surface area contributed by atoms with E-state index in [4.69, 9.17) is 23.2 Å². The zero-order chi connectivity index (χ0) is 14.0. The molecule has 0 unspecified atom stereocenters. The van der Waals surface area contributed by atoms with Crippen molar-refractivity contribution < 1.29 is 9.18 Å². The van der Waals surface area contributed by atoms with Crippen LogP contribution in [-0.2, 0) is 0 Å². The Balaban J connectivity index is 2.28. The van der Waals surface area contributed by atoms with Gasteiger partial charge in [0.15, 0.2) is 0 Å². The first-order valence-electron chi connectivity index (χ1n) is 5.19. The van der Waals surface area contributed by atoms with Crippen molar-refractivity contribution in [2.24, 2.45) is 0 Å². The van der Waals surface area contributed by atoms with Gasteiger partial charge >= 0.3 is 0 Å². The predicted molar refractivity (Wildman–Crippen MR) is 78.5 cm³/mol. The van der Waals surface area contributed by atoms with Crippen LogP contribution in [0.25, 0.3) is 0 Å². The highest BCUT2D eigenvalue weighted by Gasteiger charge is 2.12. The first kappa shape index (κ1) is 14.3. The lowest BCUT2D eigenvalue weighted by atomic mass is 10.2. The quantitative estimate of drug-likeness (QED) is 0.786. The zero-order valence-electron chi connectivity index (χ0n) is 9.38. The van der Waals surface area contributed by atoms with Crippen molar-refractivity contribution >= 4 is 50.7 Å². The Morgan fingerprint density at radius 3 is 2.37 bits per heavy atom. The molecule has 2 nitrogen and oxygen atoms in total. The number of anilines is 1. The van der Waals surface area contributed by atoms with Crippen LogP contribution in [0, 0.1) is 5.82 Å². The third-order valence-electron chi connectivity index (χ3n) is 2.38. The first-order chi connectivity index (χ1) is 8.99. The molecule has 6 heteroatoms. The van der Waals surface area contributed by atoms with Gasteiger partial charge in [0.25, 0.3) is 5.91 Å². The Hall–Kier alpha value is -1.10. The summed E-state index contributed by atoms with van der Waals surface area (Å²) in [5, 5.41) is 3.27. The van der Waals surface area contributed by atoms with E-state index >= 15 is 0 Å². The number of nitrogens with one attached hydrogen (secondary N) is 1. The van der Waals surface area contributed by atoms with E-state index in [2.05, 4.69) is 21.2 Å². The molecule has 1 N–H and O–H groups in total. The lowest BCUT2D eigenvalue weighted by molar-refractivity contribution is 0.102. The summed E-state index contributed by atoms with van der Waals surface area (Å²) in [6.45, 7) is 0. The topological polar surface area (TPSA) is 29.1 Å². The van der Waals surface area contributed by atoms with Crippen LogP contribution in [0.4, 0.5) is 10.1 Å². The molecule has 2 rings (SSSR count). The summed E-state index contributed by atoms with van der Waals surface area (Å²) in [5.41, 5.74) is 0.626. The van der Waals surface area contributed by atoms with Crippen LogP contribution in [0.15, 0.2) is 40.9 Å². The van der Waals surface area contributed by atoms with Crippen LogP contribution in [0.3, 0.4) is 0 Å². The Kier molecular flexibility index (Phi) is 4.45. The van der Waals surface area contributed by atoms with Crippen LogP contribution in [0.1, 0.15) is 10.4 Å². The maximum absolute atomic E-state index is 13.1. The van der Waals surface area contributed by atoms with Crippen molar-refractivity contribution in [2.45, 2.75) is 0 Å². The summed E-state index contributed by atoms with van der Waals surface area (Å²) in [5.74, 6) is -0.858. The van der Waals surface area contributed by atoms with E-state index in [0.717, 1.165) is 0 Å². The minimum absolute atomic E-state index is 0.213. The number of carbonyl (C=O) groups excluding carboxylic acids is 1. The van der Waals surface area contributed by atoms with E-state index in [1.165, 1.54) is 18.2 Å². The summed E-state index contributed by atoms with van der Waals surface area (Å²) < 4.78 is 13.3. The number of hydrogen-bond acceptors (Lipinski definition) is 1. The molecule has 2 aromatic rings. The van der Waals surface area contributed by atoms with Crippen LogP contribution >= 0.6 is 39.1 Å². The number of para-hydroxylation sites is 1. The normalized spacial score (nSPS) is 10.3. The average Bonchev–Trinajstić information content (AvgIpc) is 2.37. The molecule has 0 saturated heterocycles. The van der Waals surface area contributed by atoms with Crippen molar-refractivity contribution in [3.8, 4) is 0 Å².